The zero-order chi connectivity index (χ0) is 11.4. The molecule has 0 aliphatic carbocycles. The monoisotopic (exact) mass is 252 g/mol. The van der Waals surface area contributed by atoms with Crippen molar-refractivity contribution in [3.05, 3.63) is 49.1 Å². The molecule has 2 rings (SSSR count). The normalized spacial score (nSPS) is 11.2. The van der Waals surface area contributed by atoms with Gasteiger partial charge in [-0.15, -0.1) is 0 Å². The van der Waals surface area contributed by atoms with E-state index < -0.39 is 8.87 Å². The van der Waals surface area contributed by atoms with Crippen molar-refractivity contribution < 1.29 is 8.42 Å². The second-order valence-electron chi connectivity index (χ2n) is 2.90. The average Bonchev–Trinajstić information content (AvgIpc) is 2.31. The summed E-state index contributed by atoms with van der Waals surface area (Å²) >= 11 is 0. The van der Waals surface area contributed by atoms with Crippen molar-refractivity contribution in [1.29, 1.82) is 0 Å². The van der Waals surface area contributed by atoms with Crippen molar-refractivity contribution in [1.82, 2.24) is 9.97 Å². The van der Waals surface area contributed by atoms with Crippen molar-refractivity contribution in [3.8, 4) is 0 Å². The summed E-state index contributed by atoms with van der Waals surface area (Å²) in [5.74, 6) is 0. The molecule has 0 unspecified atom stereocenters. The third-order valence-electron chi connectivity index (χ3n) is 1.79. The van der Waals surface area contributed by atoms with E-state index in [2.05, 4.69) is 9.97 Å². The molecule has 0 bridgehead atoms. The lowest BCUT2D eigenvalue weighted by molar-refractivity contribution is 0.610. The molecule has 2 heterocycles. The number of aromatic nitrogens is 2. The molecule has 0 saturated carbocycles. The molecule has 0 aliphatic rings. The predicted octanol–water partition coefficient (Wildman–Crippen LogP) is 1.96. The fourth-order valence-corrected chi connectivity index (χ4v) is 3.83. The molecular formula is C10H8N2O2S2. The van der Waals surface area contributed by atoms with Crippen LogP contribution in [-0.4, -0.2) is 18.4 Å². The highest BCUT2D eigenvalue weighted by atomic mass is 33.1. The van der Waals surface area contributed by atoms with E-state index in [9.17, 15) is 8.42 Å². The highest BCUT2D eigenvalue weighted by Crippen LogP contribution is 2.29. The van der Waals surface area contributed by atoms with Crippen molar-refractivity contribution in [2.75, 3.05) is 0 Å². The molecule has 0 atom stereocenters. The molecule has 0 radical (unpaired) electrons. The SMILES string of the molecule is O=S(=O)(Sc1ccncc1)c1ccncc1. The Morgan fingerprint density at radius 3 is 1.94 bits per heavy atom. The molecule has 0 spiro atoms. The van der Waals surface area contributed by atoms with Gasteiger partial charge in [-0.3, -0.25) is 9.97 Å². The van der Waals surface area contributed by atoms with Gasteiger partial charge in [0.15, 0.2) is 0 Å². The van der Waals surface area contributed by atoms with E-state index >= 15 is 0 Å². The van der Waals surface area contributed by atoms with Crippen LogP contribution in [0.4, 0.5) is 0 Å². The summed E-state index contributed by atoms with van der Waals surface area (Å²) in [6, 6.07) is 6.26. The first-order chi connectivity index (χ1) is 7.68. The number of hydrogen-bond donors (Lipinski definition) is 0. The molecule has 0 saturated heterocycles. The Morgan fingerprint density at radius 2 is 1.38 bits per heavy atom. The van der Waals surface area contributed by atoms with Gasteiger partial charge in [-0.1, -0.05) is 0 Å². The maximum atomic E-state index is 11.9. The van der Waals surface area contributed by atoms with Crippen LogP contribution in [0.1, 0.15) is 0 Å². The maximum Gasteiger partial charge on any atom is 0.234 e. The minimum atomic E-state index is -3.36. The van der Waals surface area contributed by atoms with Crippen LogP contribution in [0.2, 0.25) is 0 Å². The van der Waals surface area contributed by atoms with E-state index in [4.69, 9.17) is 0 Å². The summed E-state index contributed by atoms with van der Waals surface area (Å²) in [6.45, 7) is 0. The summed E-state index contributed by atoms with van der Waals surface area (Å²) in [5, 5.41) is 0. The van der Waals surface area contributed by atoms with Gasteiger partial charge < -0.3 is 0 Å². The molecule has 4 nitrogen and oxygen atoms in total. The van der Waals surface area contributed by atoms with Crippen molar-refractivity contribution in [3.63, 3.8) is 0 Å². The lowest BCUT2D eigenvalue weighted by Gasteiger charge is -2.02. The van der Waals surface area contributed by atoms with E-state index in [-0.39, 0.29) is 4.90 Å². The van der Waals surface area contributed by atoms with Gasteiger partial charge in [0.2, 0.25) is 8.87 Å². The van der Waals surface area contributed by atoms with Crippen LogP contribution in [-0.2, 0) is 8.87 Å². The van der Waals surface area contributed by atoms with Crippen LogP contribution < -0.4 is 0 Å². The molecule has 0 aliphatic heterocycles. The zero-order valence-corrected chi connectivity index (χ0v) is 9.78. The minimum absolute atomic E-state index is 0.254. The van der Waals surface area contributed by atoms with E-state index in [1.165, 1.54) is 24.5 Å². The Kier molecular flexibility index (Phi) is 3.21. The average molecular weight is 252 g/mol. The van der Waals surface area contributed by atoms with Crippen LogP contribution in [0, 0.1) is 0 Å². The molecule has 82 valence electrons. The third-order valence-corrected chi connectivity index (χ3v) is 5.14. The van der Waals surface area contributed by atoms with E-state index in [0.717, 1.165) is 10.8 Å². The first kappa shape index (κ1) is 11.1. The third kappa shape index (κ3) is 2.59. The Labute approximate surface area is 97.1 Å². The largest absolute Gasteiger partial charge is 0.265 e. The fourth-order valence-electron chi connectivity index (χ4n) is 1.07. The molecule has 0 fully saturated rings. The number of hydrogen-bond acceptors (Lipinski definition) is 5. The second-order valence-corrected chi connectivity index (χ2v) is 6.74. The Balaban J connectivity index is 2.29. The summed E-state index contributed by atoms with van der Waals surface area (Å²) in [4.78, 5) is 8.51. The molecule has 0 N–H and O–H groups in total. The molecule has 2 aromatic heterocycles. The van der Waals surface area contributed by atoms with Gasteiger partial charge in [-0.05, 0) is 24.3 Å². The maximum absolute atomic E-state index is 11.9. The topological polar surface area (TPSA) is 59.9 Å². The molecule has 0 aromatic carbocycles. The molecular weight excluding hydrogens is 244 g/mol. The van der Waals surface area contributed by atoms with E-state index in [0.29, 0.717) is 4.90 Å². The highest BCUT2D eigenvalue weighted by Gasteiger charge is 2.15. The van der Waals surface area contributed by atoms with Gasteiger partial charge in [0.05, 0.1) is 4.90 Å². The van der Waals surface area contributed by atoms with E-state index in [1.807, 2.05) is 0 Å². The van der Waals surface area contributed by atoms with Crippen LogP contribution in [0.15, 0.2) is 58.8 Å². The van der Waals surface area contributed by atoms with Crippen LogP contribution >= 0.6 is 10.8 Å². The van der Waals surface area contributed by atoms with Crippen LogP contribution in [0.3, 0.4) is 0 Å². The van der Waals surface area contributed by atoms with Gasteiger partial charge >= 0.3 is 0 Å². The van der Waals surface area contributed by atoms with Gasteiger partial charge in [-0.2, -0.15) is 0 Å². The quantitative estimate of drug-likeness (QED) is 0.781. The van der Waals surface area contributed by atoms with Gasteiger partial charge in [0.25, 0.3) is 0 Å². The molecule has 6 heteroatoms. The Morgan fingerprint density at radius 1 is 0.875 bits per heavy atom. The van der Waals surface area contributed by atoms with Crippen LogP contribution in [0.25, 0.3) is 0 Å². The molecule has 2 aromatic rings. The number of nitrogens with zero attached hydrogens (tertiary/aromatic N) is 2. The standard InChI is InChI=1S/C10H8N2O2S2/c13-16(14,10-3-7-12-8-4-10)15-9-1-5-11-6-2-9/h1-8H. The number of rotatable bonds is 3. The molecule has 16 heavy (non-hydrogen) atoms. The van der Waals surface area contributed by atoms with Crippen LogP contribution in [0.5, 0.6) is 0 Å². The van der Waals surface area contributed by atoms with Crippen molar-refractivity contribution >= 4 is 19.7 Å². The fraction of sp³-hybridized carbons (Fsp3) is 0. The predicted molar refractivity (Wildman–Crippen MR) is 61.5 cm³/mol. The highest BCUT2D eigenvalue weighted by molar-refractivity contribution is 8.72. The van der Waals surface area contributed by atoms with Gasteiger partial charge in [0, 0.05) is 40.5 Å². The van der Waals surface area contributed by atoms with E-state index in [1.54, 1.807) is 24.5 Å². The summed E-state index contributed by atoms with van der Waals surface area (Å²) in [6.07, 6.45) is 6.04. The first-order valence-corrected chi connectivity index (χ1v) is 7.25. The summed E-state index contributed by atoms with van der Waals surface area (Å²) < 4.78 is 23.8. The first-order valence-electron chi connectivity index (χ1n) is 4.43. The van der Waals surface area contributed by atoms with Gasteiger partial charge in [0.1, 0.15) is 0 Å². The summed E-state index contributed by atoms with van der Waals surface area (Å²) in [5.41, 5.74) is 0. The number of pyridine rings is 2. The van der Waals surface area contributed by atoms with Gasteiger partial charge in [-0.25, -0.2) is 8.42 Å². The van der Waals surface area contributed by atoms with Crippen molar-refractivity contribution in [2.24, 2.45) is 0 Å². The minimum Gasteiger partial charge on any atom is -0.265 e. The zero-order valence-electron chi connectivity index (χ0n) is 8.15. The Hall–Kier alpha value is -1.40. The lowest BCUT2D eigenvalue weighted by atomic mass is 10.5. The smallest absolute Gasteiger partial charge is 0.234 e. The lowest BCUT2D eigenvalue weighted by Crippen LogP contribution is -1.94. The second kappa shape index (κ2) is 4.63. The van der Waals surface area contributed by atoms with Crippen molar-refractivity contribution in [2.45, 2.75) is 9.79 Å². The Bertz CT molecular complexity index is 556. The summed E-state index contributed by atoms with van der Waals surface area (Å²) in [7, 11) is -2.56. The molecule has 0 amide bonds.